The molecule has 6 nitrogen and oxygen atoms in total. The van der Waals surface area contributed by atoms with Gasteiger partial charge in [-0.1, -0.05) is 0 Å². The Kier molecular flexibility index (Phi) is 3.82. The molecule has 108 valence electrons. The van der Waals surface area contributed by atoms with Crippen LogP contribution in [0.25, 0.3) is 0 Å². The first-order valence-corrected chi connectivity index (χ1v) is 7.67. The minimum atomic E-state index is -3.63. The van der Waals surface area contributed by atoms with E-state index in [1.807, 2.05) is 6.92 Å². The van der Waals surface area contributed by atoms with E-state index in [0.29, 0.717) is 11.3 Å². The van der Waals surface area contributed by atoms with E-state index < -0.39 is 10.0 Å². The Morgan fingerprint density at radius 2 is 2.05 bits per heavy atom. The van der Waals surface area contributed by atoms with Crippen molar-refractivity contribution in [1.82, 2.24) is 14.9 Å². The van der Waals surface area contributed by atoms with Gasteiger partial charge in [0.2, 0.25) is 10.0 Å². The molecule has 7 heteroatoms. The first-order valence-electron chi connectivity index (χ1n) is 6.19. The molecule has 1 aromatic carbocycles. The third kappa shape index (κ3) is 2.83. The molecular weight excluding hydrogens is 276 g/mol. The molecule has 1 atom stereocenters. The summed E-state index contributed by atoms with van der Waals surface area (Å²) in [6.45, 7) is 5.37. The van der Waals surface area contributed by atoms with Crippen LogP contribution in [0.2, 0.25) is 0 Å². The minimum absolute atomic E-state index is 0.213. The molecule has 0 aliphatic heterocycles. The lowest BCUT2D eigenvalue weighted by molar-refractivity contribution is 0.566. The van der Waals surface area contributed by atoms with Crippen LogP contribution in [0.4, 0.5) is 5.69 Å². The first-order chi connectivity index (χ1) is 9.31. The van der Waals surface area contributed by atoms with Crippen molar-refractivity contribution in [3.63, 3.8) is 0 Å². The summed E-state index contributed by atoms with van der Waals surface area (Å²) in [4.78, 5) is 0.213. The van der Waals surface area contributed by atoms with Gasteiger partial charge in [-0.05, 0) is 44.0 Å². The van der Waals surface area contributed by atoms with Crippen LogP contribution in [-0.2, 0) is 10.0 Å². The number of aromatic nitrogens is 2. The van der Waals surface area contributed by atoms with E-state index >= 15 is 0 Å². The molecule has 0 saturated carbocycles. The third-order valence-corrected chi connectivity index (χ3v) is 4.95. The third-order valence-electron chi connectivity index (χ3n) is 3.28. The predicted molar refractivity (Wildman–Crippen MR) is 77.7 cm³/mol. The van der Waals surface area contributed by atoms with E-state index in [1.165, 1.54) is 6.07 Å². The number of anilines is 1. The predicted octanol–water partition coefficient (Wildman–Crippen LogP) is 1.65. The highest BCUT2D eigenvalue weighted by molar-refractivity contribution is 7.89. The zero-order valence-electron chi connectivity index (χ0n) is 11.6. The number of nitrogens with zero attached hydrogens (tertiary/aromatic N) is 1. The quantitative estimate of drug-likeness (QED) is 0.746. The summed E-state index contributed by atoms with van der Waals surface area (Å²) in [5, 5.41) is 6.47. The lowest BCUT2D eigenvalue weighted by Crippen LogP contribution is -2.27. The van der Waals surface area contributed by atoms with Crippen molar-refractivity contribution in [1.29, 1.82) is 0 Å². The molecule has 0 amide bonds. The first kappa shape index (κ1) is 14.5. The highest BCUT2D eigenvalue weighted by atomic mass is 32.2. The lowest BCUT2D eigenvalue weighted by atomic mass is 10.1. The Morgan fingerprint density at radius 1 is 1.35 bits per heavy atom. The molecule has 0 aliphatic rings. The summed E-state index contributed by atoms with van der Waals surface area (Å²) in [6, 6.07) is 2.86. The molecule has 1 heterocycles. The molecule has 4 N–H and O–H groups in total. The number of hydrogen-bond donors (Lipinski definition) is 3. The molecule has 0 fully saturated rings. The monoisotopic (exact) mass is 294 g/mol. The van der Waals surface area contributed by atoms with Gasteiger partial charge < -0.3 is 5.73 Å². The summed E-state index contributed by atoms with van der Waals surface area (Å²) in [7, 11) is -3.63. The maximum absolute atomic E-state index is 12.5. The van der Waals surface area contributed by atoms with E-state index in [9.17, 15) is 8.42 Å². The van der Waals surface area contributed by atoms with Crippen LogP contribution in [0, 0.1) is 13.8 Å². The van der Waals surface area contributed by atoms with E-state index in [-0.39, 0.29) is 10.9 Å². The van der Waals surface area contributed by atoms with Gasteiger partial charge in [0.05, 0.1) is 11.1 Å². The summed E-state index contributed by atoms with van der Waals surface area (Å²) in [5.41, 5.74) is 8.50. The molecule has 2 rings (SSSR count). The van der Waals surface area contributed by atoms with Crippen molar-refractivity contribution < 1.29 is 8.42 Å². The number of rotatable bonds is 4. The van der Waals surface area contributed by atoms with Crippen LogP contribution < -0.4 is 10.5 Å². The fraction of sp³-hybridized carbons (Fsp3) is 0.308. The molecule has 0 radical (unpaired) electrons. The largest absolute Gasteiger partial charge is 0.399 e. The molecule has 1 aromatic heterocycles. The van der Waals surface area contributed by atoms with Gasteiger partial charge in [0.1, 0.15) is 0 Å². The van der Waals surface area contributed by atoms with Gasteiger partial charge in [0, 0.05) is 23.5 Å². The smallest absolute Gasteiger partial charge is 0.241 e. The van der Waals surface area contributed by atoms with Crippen molar-refractivity contribution in [3.8, 4) is 0 Å². The fourth-order valence-corrected chi connectivity index (χ4v) is 3.58. The number of sulfonamides is 1. The van der Waals surface area contributed by atoms with E-state index in [0.717, 1.165) is 11.1 Å². The van der Waals surface area contributed by atoms with Crippen LogP contribution in [0.15, 0.2) is 29.4 Å². The molecule has 1 unspecified atom stereocenters. The number of aromatic amines is 1. The number of nitrogens with one attached hydrogen (secondary N) is 2. The van der Waals surface area contributed by atoms with Crippen molar-refractivity contribution in [2.45, 2.75) is 31.7 Å². The summed E-state index contributed by atoms with van der Waals surface area (Å²) in [5.74, 6) is 0. The molecule has 0 bridgehead atoms. The Labute approximate surface area is 118 Å². The molecule has 0 aliphatic carbocycles. The van der Waals surface area contributed by atoms with Gasteiger partial charge in [0.15, 0.2) is 0 Å². The maximum Gasteiger partial charge on any atom is 0.241 e. The Balaban J connectivity index is 2.36. The second-order valence-electron chi connectivity index (χ2n) is 4.84. The van der Waals surface area contributed by atoms with Crippen molar-refractivity contribution in [2.24, 2.45) is 0 Å². The van der Waals surface area contributed by atoms with Crippen LogP contribution >= 0.6 is 0 Å². The van der Waals surface area contributed by atoms with Crippen LogP contribution in [-0.4, -0.2) is 18.6 Å². The van der Waals surface area contributed by atoms with Crippen LogP contribution in [0.5, 0.6) is 0 Å². The summed E-state index contributed by atoms with van der Waals surface area (Å²) >= 11 is 0. The van der Waals surface area contributed by atoms with Crippen molar-refractivity contribution >= 4 is 15.7 Å². The maximum atomic E-state index is 12.5. The topological polar surface area (TPSA) is 101 Å². The summed E-state index contributed by atoms with van der Waals surface area (Å²) < 4.78 is 27.6. The van der Waals surface area contributed by atoms with Crippen molar-refractivity contribution in [3.05, 3.63) is 41.2 Å². The average Bonchev–Trinajstić information content (AvgIpc) is 2.86. The zero-order valence-corrected chi connectivity index (χ0v) is 12.5. The Bertz CT molecular complexity index is 708. The van der Waals surface area contributed by atoms with Gasteiger partial charge in [-0.3, -0.25) is 5.10 Å². The second-order valence-corrected chi connectivity index (χ2v) is 6.52. The molecule has 0 saturated heterocycles. The van der Waals surface area contributed by atoms with Gasteiger partial charge in [-0.15, -0.1) is 0 Å². The van der Waals surface area contributed by atoms with Crippen LogP contribution in [0.1, 0.15) is 29.7 Å². The Hall–Kier alpha value is -1.86. The van der Waals surface area contributed by atoms with Gasteiger partial charge in [-0.2, -0.15) is 5.10 Å². The molecule has 2 aromatic rings. The molecule has 20 heavy (non-hydrogen) atoms. The SMILES string of the molecule is Cc1cc(N)cc(S(=O)(=O)NC(C)c2cn[nH]c2)c1C. The minimum Gasteiger partial charge on any atom is -0.399 e. The average molecular weight is 294 g/mol. The van der Waals surface area contributed by atoms with E-state index in [4.69, 9.17) is 5.73 Å². The highest BCUT2D eigenvalue weighted by Gasteiger charge is 2.22. The van der Waals surface area contributed by atoms with Gasteiger partial charge in [0.25, 0.3) is 0 Å². The number of hydrogen-bond acceptors (Lipinski definition) is 4. The fourth-order valence-electron chi connectivity index (χ4n) is 1.99. The van der Waals surface area contributed by atoms with E-state index in [2.05, 4.69) is 14.9 Å². The number of aryl methyl sites for hydroxylation is 1. The van der Waals surface area contributed by atoms with Gasteiger partial charge >= 0.3 is 0 Å². The number of nitrogen functional groups attached to an aromatic ring is 1. The Morgan fingerprint density at radius 3 is 2.65 bits per heavy atom. The number of benzene rings is 1. The second kappa shape index (κ2) is 5.26. The molecule has 0 spiro atoms. The zero-order chi connectivity index (χ0) is 14.9. The lowest BCUT2D eigenvalue weighted by Gasteiger charge is -2.15. The number of nitrogens with two attached hydrogens (primary N) is 1. The van der Waals surface area contributed by atoms with Gasteiger partial charge in [-0.25, -0.2) is 13.1 Å². The van der Waals surface area contributed by atoms with Crippen molar-refractivity contribution in [2.75, 3.05) is 5.73 Å². The summed E-state index contributed by atoms with van der Waals surface area (Å²) in [6.07, 6.45) is 3.25. The normalized spacial score (nSPS) is 13.3. The highest BCUT2D eigenvalue weighted by Crippen LogP contribution is 2.24. The number of H-pyrrole nitrogens is 1. The standard InChI is InChI=1S/C13H18N4O2S/c1-8-4-12(14)5-13(9(8)2)20(18,19)17-10(3)11-6-15-16-7-11/h4-7,10,17H,14H2,1-3H3,(H,15,16). The van der Waals surface area contributed by atoms with Crippen LogP contribution in [0.3, 0.4) is 0 Å². The van der Waals surface area contributed by atoms with E-state index in [1.54, 1.807) is 32.3 Å². The molecular formula is C13H18N4O2S.